The number of benzene rings is 1. The van der Waals surface area contributed by atoms with Crippen molar-refractivity contribution in [2.24, 2.45) is 0 Å². The molecular weight excluding hydrogens is 210 g/mol. The molecule has 0 aliphatic heterocycles. The van der Waals surface area contributed by atoms with Crippen LogP contribution in [-0.2, 0) is 6.42 Å². The van der Waals surface area contributed by atoms with E-state index in [-0.39, 0.29) is 0 Å². The van der Waals surface area contributed by atoms with E-state index in [4.69, 9.17) is 0 Å². The molecule has 0 fully saturated rings. The number of aromatic amines is 1. The van der Waals surface area contributed by atoms with Crippen molar-refractivity contribution < 1.29 is 0 Å². The Morgan fingerprint density at radius 3 is 2.71 bits per heavy atom. The van der Waals surface area contributed by atoms with Gasteiger partial charge in [0.2, 0.25) is 0 Å². The van der Waals surface area contributed by atoms with Gasteiger partial charge in [-0.1, -0.05) is 30.3 Å². The molecule has 0 aliphatic rings. The summed E-state index contributed by atoms with van der Waals surface area (Å²) in [7, 11) is 1.97. The summed E-state index contributed by atoms with van der Waals surface area (Å²) in [5, 5.41) is 3.15. The number of hydrogen-bond acceptors (Lipinski definition) is 2. The molecule has 0 bridgehead atoms. The topological polar surface area (TPSA) is 40.7 Å². The van der Waals surface area contributed by atoms with Gasteiger partial charge in [-0.3, -0.25) is 0 Å². The Hall–Kier alpha value is -1.61. The summed E-state index contributed by atoms with van der Waals surface area (Å²) in [4.78, 5) is 8.03. The van der Waals surface area contributed by atoms with E-state index >= 15 is 0 Å². The third-order valence-electron chi connectivity index (χ3n) is 2.82. The molecule has 3 heteroatoms. The van der Waals surface area contributed by atoms with Gasteiger partial charge in [-0.05, 0) is 26.9 Å². The second-order valence-electron chi connectivity index (χ2n) is 4.23. The third kappa shape index (κ3) is 2.94. The third-order valence-corrected chi connectivity index (χ3v) is 2.82. The van der Waals surface area contributed by atoms with Crippen LogP contribution in [0.3, 0.4) is 0 Å². The Morgan fingerprint density at radius 1 is 1.24 bits per heavy atom. The largest absolute Gasteiger partial charge is 0.346 e. The molecule has 0 spiro atoms. The van der Waals surface area contributed by atoms with Gasteiger partial charge < -0.3 is 10.3 Å². The van der Waals surface area contributed by atoms with Crippen LogP contribution in [0.1, 0.15) is 17.9 Å². The minimum absolute atomic E-state index is 0.995. The number of H-pyrrole nitrogens is 1. The zero-order valence-electron chi connectivity index (χ0n) is 10.5. The van der Waals surface area contributed by atoms with Crippen molar-refractivity contribution in [3.63, 3.8) is 0 Å². The standard InChI is InChI=1S/C14H19N3/c1-11-14(12-7-4-3-5-8-12)17-13(16-11)9-6-10-15-2/h3-5,7-8,15H,6,9-10H2,1-2H3,(H,16,17). The summed E-state index contributed by atoms with van der Waals surface area (Å²) in [5.74, 6) is 1.08. The summed E-state index contributed by atoms with van der Waals surface area (Å²) < 4.78 is 0. The lowest BCUT2D eigenvalue weighted by molar-refractivity contribution is 0.707. The van der Waals surface area contributed by atoms with Crippen LogP contribution < -0.4 is 5.32 Å². The van der Waals surface area contributed by atoms with E-state index in [2.05, 4.69) is 34.3 Å². The predicted molar refractivity (Wildman–Crippen MR) is 71.0 cm³/mol. The molecule has 90 valence electrons. The average molecular weight is 229 g/mol. The maximum absolute atomic E-state index is 4.67. The number of nitrogens with one attached hydrogen (secondary N) is 2. The fourth-order valence-electron chi connectivity index (χ4n) is 1.95. The van der Waals surface area contributed by atoms with Crippen molar-refractivity contribution in [1.29, 1.82) is 0 Å². The van der Waals surface area contributed by atoms with E-state index < -0.39 is 0 Å². The smallest absolute Gasteiger partial charge is 0.107 e. The number of aryl methyl sites for hydroxylation is 2. The summed E-state index contributed by atoms with van der Waals surface area (Å²) in [6.45, 7) is 3.11. The molecule has 1 aromatic heterocycles. The molecule has 0 amide bonds. The second kappa shape index (κ2) is 5.64. The van der Waals surface area contributed by atoms with Gasteiger partial charge in [0.1, 0.15) is 5.82 Å². The number of nitrogens with zero attached hydrogens (tertiary/aromatic N) is 1. The molecule has 1 heterocycles. The highest BCUT2D eigenvalue weighted by molar-refractivity contribution is 5.61. The number of imidazole rings is 1. The van der Waals surface area contributed by atoms with Crippen LogP contribution in [0.15, 0.2) is 30.3 Å². The fraction of sp³-hybridized carbons (Fsp3) is 0.357. The Balaban J connectivity index is 2.14. The van der Waals surface area contributed by atoms with Crippen molar-refractivity contribution in [1.82, 2.24) is 15.3 Å². The van der Waals surface area contributed by atoms with E-state index in [0.717, 1.165) is 36.6 Å². The van der Waals surface area contributed by atoms with Crippen LogP contribution in [0.25, 0.3) is 11.3 Å². The molecule has 2 N–H and O–H groups in total. The fourth-order valence-corrected chi connectivity index (χ4v) is 1.95. The monoisotopic (exact) mass is 229 g/mol. The van der Waals surface area contributed by atoms with E-state index in [9.17, 15) is 0 Å². The first-order chi connectivity index (χ1) is 8.31. The van der Waals surface area contributed by atoms with E-state index in [1.54, 1.807) is 0 Å². The Morgan fingerprint density at radius 2 is 2.00 bits per heavy atom. The Kier molecular flexibility index (Phi) is 3.94. The molecule has 2 rings (SSSR count). The van der Waals surface area contributed by atoms with Gasteiger partial charge >= 0.3 is 0 Å². The van der Waals surface area contributed by atoms with E-state index in [1.165, 1.54) is 5.56 Å². The van der Waals surface area contributed by atoms with Crippen molar-refractivity contribution >= 4 is 0 Å². The summed E-state index contributed by atoms with van der Waals surface area (Å²) in [6, 6.07) is 10.3. The number of hydrogen-bond donors (Lipinski definition) is 2. The van der Waals surface area contributed by atoms with Crippen LogP contribution >= 0.6 is 0 Å². The molecule has 0 unspecified atom stereocenters. The van der Waals surface area contributed by atoms with Crippen LogP contribution in [0.4, 0.5) is 0 Å². The molecule has 0 radical (unpaired) electrons. The number of rotatable bonds is 5. The highest BCUT2D eigenvalue weighted by Gasteiger charge is 2.07. The molecule has 17 heavy (non-hydrogen) atoms. The molecule has 1 aromatic carbocycles. The molecule has 0 saturated carbocycles. The lowest BCUT2D eigenvalue weighted by atomic mass is 10.1. The zero-order valence-corrected chi connectivity index (χ0v) is 10.5. The molecule has 0 aliphatic carbocycles. The van der Waals surface area contributed by atoms with Gasteiger partial charge in [0.15, 0.2) is 0 Å². The van der Waals surface area contributed by atoms with Crippen LogP contribution in [0.2, 0.25) is 0 Å². The highest BCUT2D eigenvalue weighted by Crippen LogP contribution is 2.20. The van der Waals surface area contributed by atoms with Crippen molar-refractivity contribution in [2.75, 3.05) is 13.6 Å². The highest BCUT2D eigenvalue weighted by atomic mass is 14.9. The average Bonchev–Trinajstić information content (AvgIpc) is 2.72. The van der Waals surface area contributed by atoms with E-state index in [1.807, 2.05) is 25.2 Å². The normalized spacial score (nSPS) is 10.7. The lowest BCUT2D eigenvalue weighted by Gasteiger charge is -1.97. The van der Waals surface area contributed by atoms with Crippen molar-refractivity contribution in [3.05, 3.63) is 41.9 Å². The van der Waals surface area contributed by atoms with Crippen LogP contribution in [0, 0.1) is 6.92 Å². The number of aromatic nitrogens is 2. The molecule has 0 saturated heterocycles. The van der Waals surface area contributed by atoms with Crippen LogP contribution in [-0.4, -0.2) is 23.6 Å². The molecular formula is C14H19N3. The van der Waals surface area contributed by atoms with Gasteiger partial charge in [-0.15, -0.1) is 0 Å². The lowest BCUT2D eigenvalue weighted by Crippen LogP contribution is -2.08. The first kappa shape index (κ1) is 11.9. The summed E-state index contributed by atoms with van der Waals surface area (Å²) in [6.07, 6.45) is 2.10. The van der Waals surface area contributed by atoms with Gasteiger partial charge in [0, 0.05) is 17.7 Å². The van der Waals surface area contributed by atoms with Crippen molar-refractivity contribution in [3.8, 4) is 11.3 Å². The predicted octanol–water partition coefficient (Wildman–Crippen LogP) is 2.54. The van der Waals surface area contributed by atoms with Gasteiger partial charge in [0.25, 0.3) is 0 Å². The zero-order chi connectivity index (χ0) is 12.1. The van der Waals surface area contributed by atoms with Gasteiger partial charge in [-0.25, -0.2) is 4.98 Å². The minimum Gasteiger partial charge on any atom is -0.346 e. The summed E-state index contributed by atoms with van der Waals surface area (Å²) >= 11 is 0. The van der Waals surface area contributed by atoms with Gasteiger partial charge in [-0.2, -0.15) is 0 Å². The second-order valence-corrected chi connectivity index (χ2v) is 4.23. The molecule has 0 atom stereocenters. The Bertz CT molecular complexity index is 460. The first-order valence-corrected chi connectivity index (χ1v) is 6.07. The summed E-state index contributed by atoms with van der Waals surface area (Å²) in [5.41, 5.74) is 3.40. The minimum atomic E-state index is 0.995. The molecule has 3 nitrogen and oxygen atoms in total. The van der Waals surface area contributed by atoms with E-state index in [0.29, 0.717) is 0 Å². The quantitative estimate of drug-likeness (QED) is 0.773. The van der Waals surface area contributed by atoms with Crippen LogP contribution in [0.5, 0.6) is 0 Å². The SMILES string of the molecule is CNCCCc1nc(-c2ccccc2)c(C)[nH]1. The van der Waals surface area contributed by atoms with Crippen molar-refractivity contribution in [2.45, 2.75) is 19.8 Å². The maximum atomic E-state index is 4.67. The molecule has 2 aromatic rings. The maximum Gasteiger partial charge on any atom is 0.107 e. The van der Waals surface area contributed by atoms with Gasteiger partial charge in [0.05, 0.1) is 5.69 Å². The first-order valence-electron chi connectivity index (χ1n) is 6.07. The Labute approximate surface area is 102 Å².